The Balaban J connectivity index is 3.09. The van der Waals surface area contributed by atoms with E-state index in [1.165, 1.54) is 11.3 Å². The van der Waals surface area contributed by atoms with Gasteiger partial charge in [-0.3, -0.25) is 4.72 Å². The first kappa shape index (κ1) is 18.3. The van der Waals surface area contributed by atoms with Crippen molar-refractivity contribution in [3.05, 3.63) is 16.0 Å². The summed E-state index contributed by atoms with van der Waals surface area (Å²) in [4.78, 5) is 12.9. The average molecular weight is 354 g/mol. The van der Waals surface area contributed by atoms with Crippen molar-refractivity contribution in [2.75, 3.05) is 23.0 Å². The second-order valence-electron chi connectivity index (χ2n) is 4.85. The van der Waals surface area contributed by atoms with Crippen LogP contribution in [0, 0.1) is 19.8 Å². The number of alkyl halides is 1. The number of aryl methyl sites for hydroxylation is 1. The molecule has 1 aromatic heterocycles. The Morgan fingerprint density at radius 1 is 1.43 bits per heavy atom. The number of hydrogen-bond donors (Lipinski definition) is 1. The van der Waals surface area contributed by atoms with Gasteiger partial charge < -0.3 is 4.74 Å². The molecular weight excluding hydrogens is 334 g/mol. The Hall–Kier alpha value is -0.790. The molecule has 1 atom stereocenters. The van der Waals surface area contributed by atoms with Gasteiger partial charge in [0.25, 0.3) is 0 Å². The number of carbonyl (C=O) groups is 1. The summed E-state index contributed by atoms with van der Waals surface area (Å²) in [6.45, 7) is 7.31. The van der Waals surface area contributed by atoms with E-state index in [-0.39, 0.29) is 24.2 Å². The van der Waals surface area contributed by atoms with E-state index in [9.17, 15) is 13.2 Å². The summed E-state index contributed by atoms with van der Waals surface area (Å²) in [6, 6.07) is 0. The predicted octanol–water partition coefficient (Wildman–Crippen LogP) is 3.16. The number of rotatable bonds is 7. The normalized spacial score (nSPS) is 13.0. The molecule has 1 heterocycles. The molecular formula is C13H20ClNO4S2. The highest BCUT2D eigenvalue weighted by Gasteiger charge is 2.24. The molecule has 0 spiro atoms. The minimum atomic E-state index is -3.55. The summed E-state index contributed by atoms with van der Waals surface area (Å²) in [7, 11) is -3.55. The number of ether oxygens (including phenoxy) is 1. The molecule has 0 saturated carbocycles. The second-order valence-corrected chi connectivity index (χ2v) is 8.15. The third-order valence-electron chi connectivity index (χ3n) is 2.88. The summed E-state index contributed by atoms with van der Waals surface area (Å²) in [5, 5.41) is 0.310. The lowest BCUT2D eigenvalue weighted by Crippen LogP contribution is -2.22. The lowest BCUT2D eigenvalue weighted by Gasteiger charge is -2.11. The molecule has 120 valence electrons. The van der Waals surface area contributed by atoms with Crippen molar-refractivity contribution in [3.8, 4) is 0 Å². The number of carbonyl (C=O) groups excluding carboxylic acids is 1. The quantitative estimate of drug-likeness (QED) is 0.603. The molecule has 0 saturated heterocycles. The Labute approximate surface area is 134 Å². The lowest BCUT2D eigenvalue weighted by atomic mass is 10.2. The van der Waals surface area contributed by atoms with E-state index < -0.39 is 16.0 Å². The van der Waals surface area contributed by atoms with Crippen molar-refractivity contribution in [1.82, 2.24) is 0 Å². The molecule has 0 aliphatic heterocycles. The zero-order chi connectivity index (χ0) is 16.2. The Bertz CT molecular complexity index is 610. The Morgan fingerprint density at radius 3 is 2.57 bits per heavy atom. The number of halogens is 1. The van der Waals surface area contributed by atoms with Crippen molar-refractivity contribution in [2.24, 2.45) is 5.92 Å². The highest BCUT2D eigenvalue weighted by Crippen LogP contribution is 2.33. The van der Waals surface area contributed by atoms with Gasteiger partial charge in [0.15, 0.2) is 0 Å². The van der Waals surface area contributed by atoms with Gasteiger partial charge >= 0.3 is 5.97 Å². The smallest absolute Gasteiger partial charge is 0.341 e. The van der Waals surface area contributed by atoms with E-state index in [0.29, 0.717) is 10.6 Å². The second kappa shape index (κ2) is 7.47. The van der Waals surface area contributed by atoms with Gasteiger partial charge in [0.05, 0.1) is 17.9 Å². The summed E-state index contributed by atoms with van der Waals surface area (Å²) < 4.78 is 31.7. The van der Waals surface area contributed by atoms with Crippen LogP contribution >= 0.6 is 22.9 Å². The van der Waals surface area contributed by atoms with Crippen LogP contribution in [0.1, 0.15) is 34.6 Å². The largest absolute Gasteiger partial charge is 0.462 e. The maximum atomic E-state index is 12.1. The molecule has 0 bridgehead atoms. The van der Waals surface area contributed by atoms with E-state index in [4.69, 9.17) is 16.3 Å². The topological polar surface area (TPSA) is 72.5 Å². The van der Waals surface area contributed by atoms with Crippen LogP contribution in [-0.2, 0) is 14.8 Å². The van der Waals surface area contributed by atoms with Crippen LogP contribution in [0.4, 0.5) is 5.00 Å². The molecule has 0 aliphatic carbocycles. The van der Waals surface area contributed by atoms with Crippen molar-refractivity contribution in [2.45, 2.75) is 27.7 Å². The van der Waals surface area contributed by atoms with E-state index >= 15 is 0 Å². The van der Waals surface area contributed by atoms with E-state index in [1.54, 1.807) is 20.8 Å². The average Bonchev–Trinajstić information content (AvgIpc) is 2.63. The fourth-order valence-electron chi connectivity index (χ4n) is 1.75. The number of hydrogen-bond acceptors (Lipinski definition) is 5. The lowest BCUT2D eigenvalue weighted by molar-refractivity contribution is 0.0527. The molecule has 0 radical (unpaired) electrons. The molecule has 21 heavy (non-hydrogen) atoms. The van der Waals surface area contributed by atoms with Crippen molar-refractivity contribution in [3.63, 3.8) is 0 Å². The fraction of sp³-hybridized carbons (Fsp3) is 0.615. The van der Waals surface area contributed by atoms with Crippen LogP contribution < -0.4 is 4.72 Å². The van der Waals surface area contributed by atoms with Gasteiger partial charge in [-0.1, -0.05) is 6.92 Å². The monoisotopic (exact) mass is 353 g/mol. The molecule has 0 aliphatic rings. The van der Waals surface area contributed by atoms with Crippen LogP contribution in [0.5, 0.6) is 0 Å². The number of anilines is 1. The molecule has 0 amide bonds. The van der Waals surface area contributed by atoms with E-state index in [0.717, 1.165) is 10.4 Å². The van der Waals surface area contributed by atoms with Gasteiger partial charge in [-0.2, -0.15) is 0 Å². The van der Waals surface area contributed by atoms with Crippen LogP contribution in [0.2, 0.25) is 0 Å². The van der Waals surface area contributed by atoms with Crippen LogP contribution in [0.15, 0.2) is 0 Å². The third kappa shape index (κ3) is 4.86. The minimum Gasteiger partial charge on any atom is -0.462 e. The van der Waals surface area contributed by atoms with Crippen LogP contribution in [0.25, 0.3) is 0 Å². The summed E-state index contributed by atoms with van der Waals surface area (Å²) in [5.74, 6) is -0.511. The molecule has 0 aromatic carbocycles. The SMILES string of the molecule is CCOC(=O)c1c(NS(=O)(=O)CC(C)CCl)sc(C)c1C. The first-order valence-corrected chi connectivity index (χ1v) is 9.55. The fourth-order valence-corrected chi connectivity index (χ4v) is 4.77. The highest BCUT2D eigenvalue weighted by atomic mass is 35.5. The van der Waals surface area contributed by atoms with Gasteiger partial charge in [-0.15, -0.1) is 22.9 Å². The van der Waals surface area contributed by atoms with Gasteiger partial charge in [-0.05, 0) is 32.3 Å². The van der Waals surface area contributed by atoms with Crippen LogP contribution in [-0.4, -0.2) is 32.6 Å². The van der Waals surface area contributed by atoms with E-state index in [1.807, 2.05) is 6.92 Å². The van der Waals surface area contributed by atoms with Gasteiger partial charge in [-0.25, -0.2) is 13.2 Å². The zero-order valence-electron chi connectivity index (χ0n) is 12.5. The number of nitrogens with one attached hydrogen (secondary N) is 1. The highest BCUT2D eigenvalue weighted by molar-refractivity contribution is 7.92. The summed E-state index contributed by atoms with van der Waals surface area (Å²) >= 11 is 6.88. The first-order valence-electron chi connectivity index (χ1n) is 6.55. The maximum Gasteiger partial charge on any atom is 0.341 e. The number of sulfonamides is 1. The van der Waals surface area contributed by atoms with Crippen molar-refractivity contribution >= 4 is 43.9 Å². The molecule has 0 fully saturated rings. The standard InChI is InChI=1S/C13H20ClNO4S2/c1-5-19-13(16)11-9(3)10(4)20-12(11)15-21(17,18)7-8(2)6-14/h8,15H,5-7H2,1-4H3. The molecule has 1 aromatic rings. The minimum absolute atomic E-state index is 0.0885. The molecule has 1 unspecified atom stereocenters. The zero-order valence-corrected chi connectivity index (χ0v) is 14.9. The molecule has 1 N–H and O–H groups in total. The predicted molar refractivity (Wildman–Crippen MR) is 87.0 cm³/mol. The van der Waals surface area contributed by atoms with Gasteiger partial charge in [0.1, 0.15) is 5.00 Å². The van der Waals surface area contributed by atoms with Crippen molar-refractivity contribution < 1.29 is 17.9 Å². The van der Waals surface area contributed by atoms with E-state index in [2.05, 4.69) is 4.72 Å². The first-order chi connectivity index (χ1) is 9.71. The third-order valence-corrected chi connectivity index (χ3v) is 6.18. The van der Waals surface area contributed by atoms with Gasteiger partial charge in [0.2, 0.25) is 10.0 Å². The van der Waals surface area contributed by atoms with Crippen LogP contribution in [0.3, 0.4) is 0 Å². The molecule has 1 rings (SSSR count). The summed E-state index contributed by atoms with van der Waals surface area (Å²) in [6.07, 6.45) is 0. The van der Waals surface area contributed by atoms with Crippen molar-refractivity contribution in [1.29, 1.82) is 0 Å². The summed E-state index contributed by atoms with van der Waals surface area (Å²) in [5.41, 5.74) is 1.03. The van der Waals surface area contributed by atoms with Gasteiger partial charge in [0, 0.05) is 10.8 Å². The Morgan fingerprint density at radius 2 is 2.05 bits per heavy atom. The Kier molecular flexibility index (Phi) is 6.49. The molecule has 5 nitrogen and oxygen atoms in total. The maximum absolute atomic E-state index is 12.1. The number of thiophene rings is 1. The molecule has 8 heteroatoms. The number of esters is 1.